The molecule has 1 amide bonds. The molecule has 28 heavy (non-hydrogen) atoms. The molecule has 1 atom stereocenters. The molecule has 2 N–H and O–H groups in total. The number of amides is 1. The molecule has 0 saturated carbocycles. The minimum atomic E-state index is -0.400. The Morgan fingerprint density at radius 1 is 1.18 bits per heavy atom. The number of guanidine groups is 1. The van der Waals surface area contributed by atoms with Gasteiger partial charge in [0.1, 0.15) is 5.60 Å². The van der Waals surface area contributed by atoms with Gasteiger partial charge in [0, 0.05) is 45.1 Å². The van der Waals surface area contributed by atoms with Crippen LogP contribution in [0.4, 0.5) is 0 Å². The Hall–Kier alpha value is -1.79. The molecule has 0 aromatic carbocycles. The van der Waals surface area contributed by atoms with E-state index in [1.54, 1.807) is 7.05 Å². The van der Waals surface area contributed by atoms with Gasteiger partial charge in [-0.2, -0.15) is 0 Å². The van der Waals surface area contributed by atoms with E-state index < -0.39 is 5.60 Å². The van der Waals surface area contributed by atoms with Crippen molar-refractivity contribution in [2.75, 3.05) is 26.7 Å². The number of likely N-dealkylation sites (tertiary alicyclic amines) is 1. The third kappa shape index (κ3) is 9.95. The van der Waals surface area contributed by atoms with Crippen LogP contribution in [0.25, 0.3) is 0 Å². The van der Waals surface area contributed by atoms with Crippen LogP contribution in [0.15, 0.2) is 4.99 Å². The number of ether oxygens (including phenoxy) is 1. The molecule has 0 bridgehead atoms. The number of hydrogen-bond acceptors (Lipinski definition) is 4. The molecule has 0 aliphatic carbocycles. The smallest absolute Gasteiger partial charge is 0.306 e. The third-order valence-corrected chi connectivity index (χ3v) is 4.58. The number of unbranched alkanes of at least 4 members (excludes halogenated alkanes) is 3. The Morgan fingerprint density at radius 3 is 2.46 bits per heavy atom. The van der Waals surface area contributed by atoms with Crippen LogP contribution in [0, 0.1) is 5.92 Å². The predicted molar refractivity (Wildman–Crippen MR) is 113 cm³/mol. The average Bonchev–Trinajstić information content (AvgIpc) is 3.05. The van der Waals surface area contributed by atoms with Crippen LogP contribution < -0.4 is 10.6 Å². The molecule has 1 aliphatic rings. The van der Waals surface area contributed by atoms with Crippen LogP contribution in [-0.4, -0.2) is 61.1 Å². The molecule has 1 heterocycles. The van der Waals surface area contributed by atoms with Gasteiger partial charge in [0.25, 0.3) is 0 Å². The van der Waals surface area contributed by atoms with Crippen molar-refractivity contribution in [1.82, 2.24) is 15.5 Å². The lowest BCUT2D eigenvalue weighted by molar-refractivity contribution is -0.154. The summed E-state index contributed by atoms with van der Waals surface area (Å²) in [7, 11) is 1.77. The molecule has 0 aromatic heterocycles. The SMILES string of the molecule is CN=C(NCCCCCCC(=O)OC(C)(C)C)NC1CCN(C(=O)C(C)C)C1. The summed E-state index contributed by atoms with van der Waals surface area (Å²) in [6, 6.07) is 0.253. The molecule has 1 rings (SSSR count). The predicted octanol–water partition coefficient (Wildman–Crippen LogP) is 2.70. The van der Waals surface area contributed by atoms with Gasteiger partial charge in [0.2, 0.25) is 5.91 Å². The summed E-state index contributed by atoms with van der Waals surface area (Å²) in [6.07, 6.45) is 5.40. The van der Waals surface area contributed by atoms with E-state index in [4.69, 9.17) is 4.74 Å². The Balaban J connectivity index is 2.13. The number of carbonyl (C=O) groups excluding carboxylic acids is 2. The molecule has 7 nitrogen and oxygen atoms in total. The summed E-state index contributed by atoms with van der Waals surface area (Å²) in [5.74, 6) is 0.944. The highest BCUT2D eigenvalue weighted by Crippen LogP contribution is 2.13. The van der Waals surface area contributed by atoms with E-state index in [-0.39, 0.29) is 23.8 Å². The highest BCUT2D eigenvalue weighted by molar-refractivity contribution is 5.81. The fraction of sp³-hybridized carbons (Fsp3) is 0.857. The van der Waals surface area contributed by atoms with Crippen LogP contribution >= 0.6 is 0 Å². The first kappa shape index (κ1) is 24.2. The highest BCUT2D eigenvalue weighted by Gasteiger charge is 2.27. The molecule has 162 valence electrons. The van der Waals surface area contributed by atoms with Gasteiger partial charge in [0.15, 0.2) is 5.96 Å². The molecule has 7 heteroatoms. The van der Waals surface area contributed by atoms with Crippen molar-refractivity contribution in [3.8, 4) is 0 Å². The Labute approximate surface area is 170 Å². The topological polar surface area (TPSA) is 83.0 Å². The molecule has 1 fully saturated rings. The lowest BCUT2D eigenvalue weighted by atomic mass is 10.1. The van der Waals surface area contributed by atoms with E-state index in [2.05, 4.69) is 15.6 Å². The van der Waals surface area contributed by atoms with Crippen molar-refractivity contribution >= 4 is 17.8 Å². The van der Waals surface area contributed by atoms with Crippen LogP contribution in [0.2, 0.25) is 0 Å². The van der Waals surface area contributed by atoms with E-state index in [0.717, 1.165) is 57.7 Å². The molecule has 0 aromatic rings. The molecular weight excluding hydrogens is 356 g/mol. The van der Waals surface area contributed by atoms with Crippen molar-refractivity contribution in [3.63, 3.8) is 0 Å². The first-order chi connectivity index (χ1) is 13.1. The van der Waals surface area contributed by atoms with Gasteiger partial charge in [0.05, 0.1) is 0 Å². The van der Waals surface area contributed by atoms with Crippen molar-refractivity contribution in [2.45, 2.75) is 84.8 Å². The van der Waals surface area contributed by atoms with E-state index in [1.165, 1.54) is 0 Å². The van der Waals surface area contributed by atoms with Crippen molar-refractivity contribution in [3.05, 3.63) is 0 Å². The van der Waals surface area contributed by atoms with E-state index in [9.17, 15) is 9.59 Å². The van der Waals surface area contributed by atoms with Crippen molar-refractivity contribution in [1.29, 1.82) is 0 Å². The van der Waals surface area contributed by atoms with Gasteiger partial charge in [-0.15, -0.1) is 0 Å². The van der Waals surface area contributed by atoms with Crippen molar-refractivity contribution < 1.29 is 14.3 Å². The number of nitrogens with one attached hydrogen (secondary N) is 2. The molecule has 1 unspecified atom stereocenters. The number of aliphatic imine (C=N–C) groups is 1. The average molecular weight is 397 g/mol. The van der Waals surface area contributed by atoms with Gasteiger partial charge < -0.3 is 20.3 Å². The summed E-state index contributed by atoms with van der Waals surface area (Å²) in [4.78, 5) is 29.9. The lowest BCUT2D eigenvalue weighted by Gasteiger charge is -2.20. The van der Waals surface area contributed by atoms with Gasteiger partial charge in [-0.3, -0.25) is 14.6 Å². The van der Waals surface area contributed by atoms with Gasteiger partial charge in [-0.1, -0.05) is 26.7 Å². The molecule has 0 radical (unpaired) electrons. The van der Waals surface area contributed by atoms with Crippen LogP contribution in [-0.2, 0) is 14.3 Å². The fourth-order valence-electron chi connectivity index (χ4n) is 3.18. The Bertz CT molecular complexity index is 526. The zero-order chi connectivity index (χ0) is 21.2. The van der Waals surface area contributed by atoms with E-state index in [0.29, 0.717) is 6.42 Å². The number of rotatable bonds is 9. The normalized spacial score (nSPS) is 17.8. The number of carbonyl (C=O) groups is 2. The monoisotopic (exact) mass is 396 g/mol. The quantitative estimate of drug-likeness (QED) is 0.271. The maximum absolute atomic E-state index is 12.1. The van der Waals surface area contributed by atoms with Gasteiger partial charge in [-0.05, 0) is 40.0 Å². The molecular formula is C21H40N4O3. The highest BCUT2D eigenvalue weighted by atomic mass is 16.6. The largest absolute Gasteiger partial charge is 0.460 e. The summed E-state index contributed by atoms with van der Waals surface area (Å²) < 4.78 is 5.31. The second kappa shape index (κ2) is 11.9. The van der Waals surface area contributed by atoms with Crippen LogP contribution in [0.3, 0.4) is 0 Å². The van der Waals surface area contributed by atoms with Crippen LogP contribution in [0.5, 0.6) is 0 Å². The minimum absolute atomic E-state index is 0.0477. The zero-order valence-electron chi connectivity index (χ0n) is 18.6. The van der Waals surface area contributed by atoms with Crippen molar-refractivity contribution in [2.24, 2.45) is 10.9 Å². The Morgan fingerprint density at radius 2 is 1.86 bits per heavy atom. The summed E-state index contributed by atoms with van der Waals surface area (Å²) in [5, 5.41) is 6.75. The van der Waals surface area contributed by atoms with E-state index in [1.807, 2.05) is 39.5 Å². The number of esters is 1. The molecule has 1 aliphatic heterocycles. The maximum atomic E-state index is 12.1. The van der Waals surface area contributed by atoms with Gasteiger partial charge >= 0.3 is 5.97 Å². The summed E-state index contributed by atoms with van der Waals surface area (Å²) in [5.41, 5.74) is -0.400. The summed E-state index contributed by atoms with van der Waals surface area (Å²) in [6.45, 7) is 11.9. The molecule has 1 saturated heterocycles. The molecule has 0 spiro atoms. The third-order valence-electron chi connectivity index (χ3n) is 4.58. The fourth-order valence-corrected chi connectivity index (χ4v) is 3.18. The lowest BCUT2D eigenvalue weighted by Crippen LogP contribution is -2.45. The minimum Gasteiger partial charge on any atom is -0.460 e. The van der Waals surface area contributed by atoms with Crippen LogP contribution in [0.1, 0.15) is 73.1 Å². The maximum Gasteiger partial charge on any atom is 0.306 e. The first-order valence-corrected chi connectivity index (χ1v) is 10.6. The second-order valence-electron chi connectivity index (χ2n) is 8.82. The Kier molecular flexibility index (Phi) is 10.3. The zero-order valence-corrected chi connectivity index (χ0v) is 18.6. The standard InChI is InChI=1S/C21H40N4O3/c1-16(2)19(27)25-14-12-17(15-25)24-20(22-6)23-13-10-8-7-9-11-18(26)28-21(3,4)5/h16-17H,7-15H2,1-6H3,(H2,22,23,24). The number of hydrogen-bond donors (Lipinski definition) is 2. The second-order valence-corrected chi connectivity index (χ2v) is 8.82. The van der Waals surface area contributed by atoms with E-state index >= 15 is 0 Å². The first-order valence-electron chi connectivity index (χ1n) is 10.6. The van der Waals surface area contributed by atoms with Gasteiger partial charge in [-0.25, -0.2) is 0 Å². The number of nitrogens with zero attached hydrogens (tertiary/aromatic N) is 2. The summed E-state index contributed by atoms with van der Waals surface area (Å²) >= 11 is 0.